The molecule has 0 saturated heterocycles. The van der Waals surface area contributed by atoms with Gasteiger partial charge in [-0.25, -0.2) is 18.4 Å². The largest absolute Gasteiger partial charge is 0.508 e. The SMILES string of the molecule is CCS(=O)(=O)Nc1cccc2c1nc(-c1cn(C)c3c(O)nccc13)n2Cc1ccc(O)cc1. The number of nitrogens with one attached hydrogen (secondary N) is 1. The Morgan fingerprint density at radius 3 is 2.56 bits per heavy atom. The van der Waals surface area contributed by atoms with E-state index in [0.717, 1.165) is 22.0 Å². The van der Waals surface area contributed by atoms with Gasteiger partial charge in [0.25, 0.3) is 0 Å². The van der Waals surface area contributed by atoms with Crippen LogP contribution in [0.5, 0.6) is 11.6 Å². The number of hydrogen-bond acceptors (Lipinski definition) is 6. The van der Waals surface area contributed by atoms with E-state index in [2.05, 4.69) is 9.71 Å². The second-order valence-electron chi connectivity index (χ2n) is 8.05. The number of para-hydroxylation sites is 1. The van der Waals surface area contributed by atoms with Crippen LogP contribution in [0.15, 0.2) is 60.9 Å². The van der Waals surface area contributed by atoms with Crippen LogP contribution in [0.4, 0.5) is 5.69 Å². The molecule has 10 heteroatoms. The Hall–Kier alpha value is -4.05. The fourth-order valence-corrected chi connectivity index (χ4v) is 4.78. The summed E-state index contributed by atoms with van der Waals surface area (Å²) in [5.41, 5.74) is 3.94. The maximum absolute atomic E-state index is 12.3. The highest BCUT2D eigenvalue weighted by Gasteiger charge is 2.21. The van der Waals surface area contributed by atoms with Gasteiger partial charge in [-0.3, -0.25) is 4.72 Å². The second kappa shape index (κ2) is 8.07. The molecular formula is C24H23N5O4S. The maximum atomic E-state index is 12.3. The van der Waals surface area contributed by atoms with E-state index in [1.54, 1.807) is 35.8 Å². The van der Waals surface area contributed by atoms with E-state index >= 15 is 0 Å². The van der Waals surface area contributed by atoms with Crippen molar-refractivity contribution >= 4 is 37.6 Å². The summed E-state index contributed by atoms with van der Waals surface area (Å²) >= 11 is 0. The number of fused-ring (bicyclic) bond motifs is 2. The van der Waals surface area contributed by atoms with Crippen LogP contribution in [0.1, 0.15) is 12.5 Å². The molecule has 0 aliphatic heterocycles. The lowest BCUT2D eigenvalue weighted by atomic mass is 10.1. The molecule has 0 amide bonds. The van der Waals surface area contributed by atoms with E-state index in [1.807, 2.05) is 42.1 Å². The molecule has 0 saturated carbocycles. The molecule has 0 unspecified atom stereocenters. The number of nitrogens with zero attached hydrogens (tertiary/aromatic N) is 4. The third-order valence-corrected chi connectivity index (χ3v) is 7.10. The van der Waals surface area contributed by atoms with E-state index in [-0.39, 0.29) is 17.4 Å². The molecule has 0 bridgehead atoms. The number of rotatable bonds is 6. The Kier molecular flexibility index (Phi) is 5.17. The molecule has 0 aliphatic rings. The van der Waals surface area contributed by atoms with Crippen molar-refractivity contribution < 1.29 is 18.6 Å². The number of aryl methyl sites for hydroxylation is 1. The molecule has 174 valence electrons. The van der Waals surface area contributed by atoms with E-state index in [9.17, 15) is 18.6 Å². The van der Waals surface area contributed by atoms with Gasteiger partial charge in [0, 0.05) is 36.9 Å². The average molecular weight is 478 g/mol. The van der Waals surface area contributed by atoms with Crippen LogP contribution >= 0.6 is 0 Å². The summed E-state index contributed by atoms with van der Waals surface area (Å²) in [6.07, 6.45) is 3.41. The molecule has 0 spiro atoms. The number of sulfonamides is 1. The van der Waals surface area contributed by atoms with Crippen molar-refractivity contribution in [3.05, 3.63) is 66.5 Å². The zero-order valence-electron chi connectivity index (χ0n) is 18.6. The molecule has 0 radical (unpaired) electrons. The Balaban J connectivity index is 1.78. The topological polar surface area (TPSA) is 122 Å². The third-order valence-electron chi connectivity index (χ3n) is 5.81. The fraction of sp³-hybridized carbons (Fsp3) is 0.167. The van der Waals surface area contributed by atoms with Crippen molar-refractivity contribution in [2.75, 3.05) is 10.5 Å². The van der Waals surface area contributed by atoms with Gasteiger partial charge in [0.1, 0.15) is 22.6 Å². The van der Waals surface area contributed by atoms with Gasteiger partial charge in [0.15, 0.2) is 0 Å². The molecule has 3 heterocycles. The van der Waals surface area contributed by atoms with Gasteiger partial charge in [-0.2, -0.15) is 0 Å². The van der Waals surface area contributed by atoms with E-state index in [1.165, 1.54) is 6.20 Å². The first-order valence-electron chi connectivity index (χ1n) is 10.7. The van der Waals surface area contributed by atoms with Gasteiger partial charge in [-0.15, -0.1) is 0 Å². The van der Waals surface area contributed by atoms with E-state index in [0.29, 0.717) is 29.1 Å². The summed E-state index contributed by atoms with van der Waals surface area (Å²) in [4.78, 5) is 8.87. The first-order valence-corrected chi connectivity index (χ1v) is 12.3. The lowest BCUT2D eigenvalue weighted by molar-refractivity contribution is 0.457. The Bertz CT molecular complexity index is 1640. The molecule has 3 N–H and O–H groups in total. The monoisotopic (exact) mass is 477 g/mol. The van der Waals surface area contributed by atoms with Gasteiger partial charge in [-0.05, 0) is 42.8 Å². The minimum Gasteiger partial charge on any atom is -0.508 e. The van der Waals surface area contributed by atoms with Crippen molar-refractivity contribution in [3.8, 4) is 23.0 Å². The van der Waals surface area contributed by atoms with Crippen LogP contribution in [0.3, 0.4) is 0 Å². The number of aromatic nitrogens is 4. The second-order valence-corrected chi connectivity index (χ2v) is 10.1. The summed E-state index contributed by atoms with van der Waals surface area (Å²) in [6.45, 7) is 2.01. The summed E-state index contributed by atoms with van der Waals surface area (Å²) < 4.78 is 31.0. The molecule has 34 heavy (non-hydrogen) atoms. The Morgan fingerprint density at radius 2 is 1.82 bits per heavy atom. The molecule has 0 aliphatic carbocycles. The zero-order chi connectivity index (χ0) is 24.0. The van der Waals surface area contributed by atoms with Crippen LogP contribution in [0.2, 0.25) is 0 Å². The normalized spacial score (nSPS) is 11.9. The van der Waals surface area contributed by atoms with Crippen LogP contribution < -0.4 is 4.72 Å². The highest BCUT2D eigenvalue weighted by Crippen LogP contribution is 2.36. The van der Waals surface area contributed by atoms with Crippen molar-refractivity contribution in [2.45, 2.75) is 13.5 Å². The van der Waals surface area contributed by atoms with Gasteiger partial charge in [-0.1, -0.05) is 18.2 Å². The number of pyridine rings is 1. The van der Waals surface area contributed by atoms with Gasteiger partial charge < -0.3 is 19.3 Å². The molecule has 5 aromatic rings. The van der Waals surface area contributed by atoms with Gasteiger partial charge in [0.05, 0.1) is 17.0 Å². The number of phenols is 1. The smallest absolute Gasteiger partial charge is 0.236 e. The van der Waals surface area contributed by atoms with Crippen molar-refractivity contribution in [2.24, 2.45) is 7.05 Å². The number of phenolic OH excluding ortho intramolecular Hbond substituents is 1. The van der Waals surface area contributed by atoms with Gasteiger partial charge in [0.2, 0.25) is 15.9 Å². The lowest BCUT2D eigenvalue weighted by Crippen LogP contribution is -2.14. The predicted molar refractivity (Wildman–Crippen MR) is 131 cm³/mol. The molecule has 9 nitrogen and oxygen atoms in total. The average Bonchev–Trinajstić information content (AvgIpc) is 3.34. The molecule has 0 atom stereocenters. The molecule has 5 rings (SSSR count). The Labute approximate surface area is 196 Å². The zero-order valence-corrected chi connectivity index (χ0v) is 19.4. The summed E-state index contributed by atoms with van der Waals surface area (Å²) in [7, 11) is -1.68. The Morgan fingerprint density at radius 1 is 1.06 bits per heavy atom. The van der Waals surface area contributed by atoms with Crippen molar-refractivity contribution in [1.82, 2.24) is 19.1 Å². The fourth-order valence-electron chi connectivity index (χ4n) is 4.13. The summed E-state index contributed by atoms with van der Waals surface area (Å²) in [6, 6.07) is 14.1. The quantitative estimate of drug-likeness (QED) is 0.342. The van der Waals surface area contributed by atoms with Crippen LogP contribution in [0.25, 0.3) is 33.3 Å². The molecule has 3 aromatic heterocycles. The summed E-state index contributed by atoms with van der Waals surface area (Å²) in [5, 5.41) is 20.8. The first kappa shape index (κ1) is 21.8. The molecule has 2 aromatic carbocycles. The maximum Gasteiger partial charge on any atom is 0.236 e. The number of anilines is 1. The van der Waals surface area contributed by atoms with Crippen LogP contribution in [-0.4, -0.2) is 43.5 Å². The summed E-state index contributed by atoms with van der Waals surface area (Å²) in [5.74, 6) is 0.652. The number of imidazole rings is 1. The van der Waals surface area contributed by atoms with Crippen LogP contribution in [0, 0.1) is 0 Å². The predicted octanol–water partition coefficient (Wildman–Crippen LogP) is 3.81. The highest BCUT2D eigenvalue weighted by molar-refractivity contribution is 7.92. The standard InChI is InChI=1S/C24H23N5O4S/c1-3-34(32,33)27-19-5-4-6-20-21(19)26-23(29(20)13-15-7-9-16(30)10-8-15)18-14-28(2)22-17(18)11-12-25-24(22)31/h4-12,14,27,30H,3,13H2,1-2H3,(H,25,31). The van der Waals surface area contributed by atoms with Crippen LogP contribution in [-0.2, 0) is 23.6 Å². The lowest BCUT2D eigenvalue weighted by Gasteiger charge is -2.10. The minimum absolute atomic E-state index is 0.0555. The van der Waals surface area contributed by atoms with Crippen molar-refractivity contribution in [3.63, 3.8) is 0 Å². The van der Waals surface area contributed by atoms with Gasteiger partial charge >= 0.3 is 0 Å². The molecule has 0 fully saturated rings. The first-order chi connectivity index (χ1) is 16.3. The minimum atomic E-state index is -3.50. The number of aromatic hydroxyl groups is 2. The third kappa shape index (κ3) is 3.71. The van der Waals surface area contributed by atoms with E-state index < -0.39 is 10.0 Å². The van der Waals surface area contributed by atoms with Crippen molar-refractivity contribution in [1.29, 1.82) is 0 Å². The van der Waals surface area contributed by atoms with E-state index in [4.69, 9.17) is 4.98 Å². The highest BCUT2D eigenvalue weighted by atomic mass is 32.2. The number of benzene rings is 2. The number of hydrogen-bond donors (Lipinski definition) is 3. The molecular weight excluding hydrogens is 454 g/mol.